The fourth-order valence-electron chi connectivity index (χ4n) is 1.77. The van der Waals surface area contributed by atoms with E-state index in [1.54, 1.807) is 0 Å². The lowest BCUT2D eigenvalue weighted by atomic mass is 10.1. The maximum Gasteiger partial charge on any atom is 0.123 e. The predicted molar refractivity (Wildman–Crippen MR) is 80.7 cm³/mol. The van der Waals surface area contributed by atoms with E-state index in [1.165, 1.54) is 0 Å². The zero-order valence-electron chi connectivity index (χ0n) is 10.3. The van der Waals surface area contributed by atoms with Crippen LogP contribution in [0.1, 0.15) is 11.1 Å². The van der Waals surface area contributed by atoms with Crippen LogP contribution >= 0.6 is 27.5 Å². The molecule has 100 valence electrons. The van der Waals surface area contributed by atoms with Crippen molar-refractivity contribution in [1.82, 2.24) is 0 Å². The predicted octanol–water partition coefficient (Wildman–Crippen LogP) is 4.22. The van der Waals surface area contributed by atoms with Gasteiger partial charge < -0.3 is 9.84 Å². The maximum absolute atomic E-state index is 9.02. The van der Waals surface area contributed by atoms with E-state index in [0.29, 0.717) is 18.1 Å². The monoisotopic (exact) mass is 340 g/mol. The average molecular weight is 342 g/mol. The van der Waals surface area contributed by atoms with Crippen LogP contribution in [0.15, 0.2) is 46.9 Å². The van der Waals surface area contributed by atoms with Crippen molar-refractivity contribution >= 4 is 27.5 Å². The molecule has 0 aliphatic carbocycles. The number of halogens is 2. The van der Waals surface area contributed by atoms with Crippen molar-refractivity contribution in [3.63, 3.8) is 0 Å². The first kappa shape index (κ1) is 14.4. The van der Waals surface area contributed by atoms with E-state index in [9.17, 15) is 0 Å². The van der Waals surface area contributed by atoms with Crippen LogP contribution < -0.4 is 4.74 Å². The Kier molecular flexibility index (Phi) is 5.25. The summed E-state index contributed by atoms with van der Waals surface area (Å²) in [6.07, 6.45) is 0.588. The Morgan fingerprint density at radius 2 is 1.89 bits per heavy atom. The number of ether oxygens (including phenoxy) is 1. The highest BCUT2D eigenvalue weighted by Gasteiger charge is 2.05. The third-order valence-electron chi connectivity index (χ3n) is 2.75. The molecule has 0 aliphatic rings. The first-order chi connectivity index (χ1) is 9.20. The van der Waals surface area contributed by atoms with E-state index in [2.05, 4.69) is 15.9 Å². The van der Waals surface area contributed by atoms with Crippen molar-refractivity contribution in [2.45, 2.75) is 13.0 Å². The van der Waals surface area contributed by atoms with Gasteiger partial charge in [-0.2, -0.15) is 0 Å². The zero-order chi connectivity index (χ0) is 13.7. The van der Waals surface area contributed by atoms with Crippen molar-refractivity contribution in [2.24, 2.45) is 0 Å². The van der Waals surface area contributed by atoms with E-state index < -0.39 is 0 Å². The Hall–Kier alpha value is -1.03. The van der Waals surface area contributed by atoms with Gasteiger partial charge in [0.15, 0.2) is 0 Å². The van der Waals surface area contributed by atoms with Crippen molar-refractivity contribution < 1.29 is 9.84 Å². The third-order valence-corrected chi connectivity index (χ3v) is 3.60. The molecule has 0 aliphatic heterocycles. The maximum atomic E-state index is 9.02. The molecule has 0 fully saturated rings. The number of aliphatic hydroxyl groups is 1. The van der Waals surface area contributed by atoms with Gasteiger partial charge in [-0.3, -0.25) is 0 Å². The third kappa shape index (κ3) is 3.96. The van der Waals surface area contributed by atoms with Crippen molar-refractivity contribution in [3.05, 3.63) is 63.1 Å². The van der Waals surface area contributed by atoms with Gasteiger partial charge in [-0.15, -0.1) is 0 Å². The minimum atomic E-state index is 0.111. The van der Waals surface area contributed by atoms with Crippen LogP contribution in [0.4, 0.5) is 0 Å². The second-order valence-electron chi connectivity index (χ2n) is 4.11. The van der Waals surface area contributed by atoms with Gasteiger partial charge in [-0.05, 0) is 30.2 Å². The van der Waals surface area contributed by atoms with Crippen LogP contribution in [0.5, 0.6) is 5.75 Å². The molecule has 2 aromatic carbocycles. The second kappa shape index (κ2) is 6.94. The molecule has 0 unspecified atom stereocenters. The second-order valence-corrected chi connectivity index (χ2v) is 5.43. The topological polar surface area (TPSA) is 29.5 Å². The van der Waals surface area contributed by atoms with Gasteiger partial charge in [0.1, 0.15) is 12.4 Å². The molecule has 1 N–H and O–H groups in total. The Bertz CT molecular complexity index is 558. The molecule has 2 rings (SSSR count). The molecule has 0 spiro atoms. The number of rotatable bonds is 5. The number of hydrogen-bond acceptors (Lipinski definition) is 2. The van der Waals surface area contributed by atoms with E-state index in [0.717, 1.165) is 21.3 Å². The lowest BCUT2D eigenvalue weighted by Gasteiger charge is -2.11. The number of aliphatic hydroxyl groups excluding tert-OH is 1. The molecule has 19 heavy (non-hydrogen) atoms. The van der Waals surface area contributed by atoms with Crippen molar-refractivity contribution in [3.8, 4) is 5.75 Å². The van der Waals surface area contributed by atoms with Crippen LogP contribution in [-0.4, -0.2) is 11.7 Å². The van der Waals surface area contributed by atoms with Crippen LogP contribution in [0.25, 0.3) is 0 Å². The summed E-state index contributed by atoms with van der Waals surface area (Å²) in [5, 5.41) is 9.70. The summed E-state index contributed by atoms with van der Waals surface area (Å²) in [5.74, 6) is 0.788. The van der Waals surface area contributed by atoms with Crippen molar-refractivity contribution in [1.29, 1.82) is 0 Å². The first-order valence-electron chi connectivity index (χ1n) is 5.96. The van der Waals surface area contributed by atoms with Gasteiger partial charge in [0, 0.05) is 21.7 Å². The molecule has 2 nitrogen and oxygen atoms in total. The zero-order valence-corrected chi connectivity index (χ0v) is 12.6. The fourth-order valence-corrected chi connectivity index (χ4v) is 2.49. The number of para-hydroxylation sites is 1. The molecular formula is C15H14BrClO2. The molecule has 0 radical (unpaired) electrons. The molecule has 0 bridgehead atoms. The van der Waals surface area contributed by atoms with Gasteiger partial charge in [0.2, 0.25) is 0 Å². The highest BCUT2D eigenvalue weighted by atomic mass is 79.9. The van der Waals surface area contributed by atoms with Gasteiger partial charge in [-0.25, -0.2) is 0 Å². The van der Waals surface area contributed by atoms with Gasteiger partial charge >= 0.3 is 0 Å². The van der Waals surface area contributed by atoms with Crippen LogP contribution in [0.3, 0.4) is 0 Å². The lowest BCUT2D eigenvalue weighted by Crippen LogP contribution is -2.00. The molecule has 0 saturated heterocycles. The minimum Gasteiger partial charge on any atom is -0.489 e. The van der Waals surface area contributed by atoms with E-state index >= 15 is 0 Å². The molecular weight excluding hydrogens is 328 g/mol. The van der Waals surface area contributed by atoms with Crippen molar-refractivity contribution in [2.75, 3.05) is 6.61 Å². The standard InChI is InChI=1S/C15H14BrClO2/c16-13-6-5-12(14(17)9-13)10-19-15-4-2-1-3-11(15)7-8-18/h1-6,9,18H,7-8,10H2. The van der Waals surface area contributed by atoms with Crippen LogP contribution in [0, 0.1) is 0 Å². The first-order valence-corrected chi connectivity index (χ1v) is 7.13. The van der Waals surface area contributed by atoms with E-state index in [4.69, 9.17) is 21.4 Å². The Balaban J connectivity index is 2.10. The van der Waals surface area contributed by atoms with E-state index in [1.807, 2.05) is 42.5 Å². The van der Waals surface area contributed by atoms with Crippen LogP contribution in [-0.2, 0) is 13.0 Å². The molecule has 0 saturated carbocycles. The van der Waals surface area contributed by atoms with Gasteiger partial charge in [0.05, 0.1) is 0 Å². The smallest absolute Gasteiger partial charge is 0.123 e. The highest BCUT2D eigenvalue weighted by molar-refractivity contribution is 9.10. The summed E-state index contributed by atoms with van der Waals surface area (Å²) in [5.41, 5.74) is 1.93. The largest absolute Gasteiger partial charge is 0.489 e. The Labute approximate surface area is 126 Å². The molecule has 0 heterocycles. The lowest BCUT2D eigenvalue weighted by molar-refractivity contribution is 0.284. The van der Waals surface area contributed by atoms with Gasteiger partial charge in [0.25, 0.3) is 0 Å². The van der Waals surface area contributed by atoms with E-state index in [-0.39, 0.29) is 6.61 Å². The molecule has 0 amide bonds. The van der Waals surface area contributed by atoms with Crippen LogP contribution in [0.2, 0.25) is 5.02 Å². The Morgan fingerprint density at radius 3 is 2.63 bits per heavy atom. The number of hydrogen-bond donors (Lipinski definition) is 1. The summed E-state index contributed by atoms with van der Waals surface area (Å²) in [7, 11) is 0. The summed E-state index contributed by atoms with van der Waals surface area (Å²) < 4.78 is 6.73. The minimum absolute atomic E-state index is 0.111. The summed E-state index contributed by atoms with van der Waals surface area (Å²) in [4.78, 5) is 0. The summed E-state index contributed by atoms with van der Waals surface area (Å²) in [6, 6.07) is 13.4. The Morgan fingerprint density at radius 1 is 1.11 bits per heavy atom. The molecule has 4 heteroatoms. The number of benzene rings is 2. The van der Waals surface area contributed by atoms with Gasteiger partial charge in [-0.1, -0.05) is 51.8 Å². The quantitative estimate of drug-likeness (QED) is 0.882. The summed E-state index contributed by atoms with van der Waals surface area (Å²) in [6.45, 7) is 0.522. The average Bonchev–Trinajstić information content (AvgIpc) is 2.40. The summed E-state index contributed by atoms with van der Waals surface area (Å²) >= 11 is 9.52. The highest BCUT2D eigenvalue weighted by Crippen LogP contribution is 2.24. The SMILES string of the molecule is OCCc1ccccc1OCc1ccc(Br)cc1Cl. The molecule has 2 aromatic rings. The normalized spacial score (nSPS) is 10.5. The molecule has 0 atom stereocenters. The molecule has 0 aromatic heterocycles. The fraction of sp³-hybridized carbons (Fsp3) is 0.200.